The molecule has 3 aromatic carbocycles. The molecule has 0 saturated carbocycles. The predicted molar refractivity (Wildman–Crippen MR) is 155 cm³/mol. The molecule has 1 heterocycles. The molecular weight excluding hydrogens is 472 g/mol. The van der Waals surface area contributed by atoms with Crippen LogP contribution in [0, 0.1) is 0 Å². The molecule has 1 aliphatic rings. The van der Waals surface area contributed by atoms with Crippen molar-refractivity contribution in [1.29, 1.82) is 0 Å². The van der Waals surface area contributed by atoms with Crippen LogP contribution in [-0.4, -0.2) is 24.3 Å². The van der Waals surface area contributed by atoms with Gasteiger partial charge in [-0.2, -0.15) is 0 Å². The second-order valence-corrected chi connectivity index (χ2v) is 10.7. The van der Waals surface area contributed by atoms with E-state index >= 15 is 0 Å². The second kappa shape index (κ2) is 12.1. The Balaban J connectivity index is 1.42. The van der Waals surface area contributed by atoms with Gasteiger partial charge in [0.1, 0.15) is 5.75 Å². The molecule has 0 aromatic heterocycles. The molecule has 5 nitrogen and oxygen atoms in total. The second-order valence-electron chi connectivity index (χ2n) is 10.7. The van der Waals surface area contributed by atoms with Crippen molar-refractivity contribution in [3.05, 3.63) is 101 Å². The number of ketones is 1. The Morgan fingerprint density at radius 1 is 0.947 bits per heavy atom. The highest BCUT2D eigenvalue weighted by Gasteiger charge is 2.28. The number of hydrogen-bond donors (Lipinski definition) is 2. The van der Waals surface area contributed by atoms with E-state index in [1.807, 2.05) is 36.4 Å². The molecule has 0 atom stereocenters. The van der Waals surface area contributed by atoms with Crippen LogP contribution in [0.15, 0.2) is 72.8 Å². The number of hydrogen-bond acceptors (Lipinski definition) is 4. The molecule has 5 heteroatoms. The molecule has 3 aromatic rings. The van der Waals surface area contributed by atoms with E-state index in [0.29, 0.717) is 16.8 Å². The first-order valence-corrected chi connectivity index (χ1v) is 13.5. The van der Waals surface area contributed by atoms with Gasteiger partial charge in [0, 0.05) is 39.7 Å². The summed E-state index contributed by atoms with van der Waals surface area (Å²) < 4.78 is 5.40. The fourth-order valence-corrected chi connectivity index (χ4v) is 4.87. The molecule has 1 aliphatic heterocycles. The van der Waals surface area contributed by atoms with Crippen molar-refractivity contribution >= 4 is 23.1 Å². The number of amides is 1. The number of rotatable bonds is 10. The number of benzene rings is 3. The van der Waals surface area contributed by atoms with Gasteiger partial charge in [0.15, 0.2) is 5.78 Å². The molecule has 0 saturated heterocycles. The number of nitrogens with one attached hydrogen (secondary N) is 2. The quantitative estimate of drug-likeness (QED) is 0.172. The lowest BCUT2D eigenvalue weighted by atomic mass is 9.85. The number of anilines is 1. The molecule has 38 heavy (non-hydrogen) atoms. The minimum Gasteiger partial charge on any atom is -0.497 e. The van der Waals surface area contributed by atoms with E-state index in [4.69, 9.17) is 4.74 Å². The van der Waals surface area contributed by atoms with Crippen molar-refractivity contribution in [2.75, 3.05) is 12.4 Å². The first-order chi connectivity index (χ1) is 18.3. The number of carbonyl (C=O) groups excluding carboxylic acids is 2. The van der Waals surface area contributed by atoms with E-state index in [0.717, 1.165) is 29.9 Å². The predicted octanol–water partition coefficient (Wildman–Crippen LogP) is 7.22. The van der Waals surface area contributed by atoms with Gasteiger partial charge in [0.05, 0.1) is 7.11 Å². The van der Waals surface area contributed by atoms with E-state index in [2.05, 4.69) is 37.5 Å². The first-order valence-electron chi connectivity index (χ1n) is 13.5. The summed E-state index contributed by atoms with van der Waals surface area (Å²) in [6, 6.07) is 20.8. The molecule has 4 rings (SSSR count). The van der Waals surface area contributed by atoms with Gasteiger partial charge in [-0.3, -0.25) is 9.59 Å². The van der Waals surface area contributed by atoms with Gasteiger partial charge in [-0.25, -0.2) is 0 Å². The zero-order chi connectivity index (χ0) is 27.1. The summed E-state index contributed by atoms with van der Waals surface area (Å²) in [5, 5.41) is 6.43. The Bertz CT molecular complexity index is 1310. The number of methoxy groups -OCH3 is 1. The molecular formula is C33H38N2O3. The molecule has 2 N–H and O–H groups in total. The summed E-state index contributed by atoms with van der Waals surface area (Å²) in [7, 11) is 1.64. The summed E-state index contributed by atoms with van der Waals surface area (Å²) in [6.45, 7) is 6.46. The third kappa shape index (κ3) is 6.91. The number of fused-ring (bicyclic) bond motifs is 1. The normalized spacial score (nSPS) is 14.9. The fourth-order valence-electron chi connectivity index (χ4n) is 4.87. The maximum Gasteiger partial charge on any atom is 0.255 e. The van der Waals surface area contributed by atoms with Gasteiger partial charge in [0.2, 0.25) is 0 Å². The van der Waals surface area contributed by atoms with Gasteiger partial charge in [-0.1, -0.05) is 44.4 Å². The summed E-state index contributed by atoms with van der Waals surface area (Å²) >= 11 is 0. The van der Waals surface area contributed by atoms with E-state index in [-0.39, 0.29) is 17.2 Å². The van der Waals surface area contributed by atoms with Crippen molar-refractivity contribution in [2.24, 2.45) is 0 Å². The third-order valence-electron chi connectivity index (χ3n) is 6.95. The lowest BCUT2D eigenvalue weighted by Crippen LogP contribution is -2.43. The van der Waals surface area contributed by atoms with Gasteiger partial charge in [-0.05, 0) is 92.8 Å². The van der Waals surface area contributed by atoms with Crippen LogP contribution in [0.5, 0.6) is 5.75 Å². The van der Waals surface area contributed by atoms with Crippen LogP contribution in [-0.2, 0) is 12.8 Å². The molecule has 0 fully saturated rings. The highest BCUT2D eigenvalue weighted by atomic mass is 16.5. The third-order valence-corrected chi connectivity index (χ3v) is 6.95. The standard InChI is InChI=1S/C33H38N2O3/c1-5-6-7-8-9-23-10-12-25(13-11-23)32(37)34-27-17-14-24(15-18-27)31(36)21-30-29-20-28(38-4)19-16-26(29)22-33(2,3)35-30/h10-21,35H,5-9,22H2,1-4H3,(H,34,37)/b30-21-. The van der Waals surface area contributed by atoms with Crippen molar-refractivity contribution < 1.29 is 14.3 Å². The van der Waals surface area contributed by atoms with Crippen molar-refractivity contribution in [1.82, 2.24) is 5.32 Å². The summed E-state index contributed by atoms with van der Waals surface area (Å²) in [5.41, 5.74) is 5.84. The zero-order valence-corrected chi connectivity index (χ0v) is 22.9. The Morgan fingerprint density at radius 2 is 1.66 bits per heavy atom. The Kier molecular flexibility index (Phi) is 8.67. The van der Waals surface area contributed by atoms with Gasteiger partial charge in [0.25, 0.3) is 5.91 Å². The maximum absolute atomic E-state index is 13.2. The summed E-state index contributed by atoms with van der Waals surface area (Å²) in [4.78, 5) is 25.9. The van der Waals surface area contributed by atoms with E-state index in [9.17, 15) is 9.59 Å². The van der Waals surface area contributed by atoms with Crippen molar-refractivity contribution in [2.45, 2.75) is 64.8 Å². The van der Waals surface area contributed by atoms with Gasteiger partial charge < -0.3 is 15.4 Å². The average Bonchev–Trinajstić information content (AvgIpc) is 2.91. The van der Waals surface area contributed by atoms with E-state index in [1.165, 1.54) is 36.8 Å². The van der Waals surface area contributed by atoms with Crippen LogP contribution in [0.1, 0.15) is 83.9 Å². The SMILES string of the molecule is CCCCCCc1ccc(C(=O)Nc2ccc(C(=O)/C=C3\NC(C)(C)Cc4ccc(OC)cc43)cc2)cc1. The zero-order valence-electron chi connectivity index (χ0n) is 22.9. The number of aryl methyl sites for hydroxylation is 1. The van der Waals surface area contributed by atoms with Crippen LogP contribution in [0.4, 0.5) is 5.69 Å². The minimum atomic E-state index is -0.172. The Labute approximate surface area is 226 Å². The molecule has 0 aliphatic carbocycles. The highest BCUT2D eigenvalue weighted by Crippen LogP contribution is 2.32. The number of unbranched alkanes of at least 4 members (excludes halogenated alkanes) is 3. The highest BCUT2D eigenvalue weighted by molar-refractivity contribution is 6.09. The summed E-state index contributed by atoms with van der Waals surface area (Å²) in [5.74, 6) is 0.486. The number of carbonyl (C=O) groups is 2. The fraction of sp³-hybridized carbons (Fsp3) is 0.333. The Morgan fingerprint density at radius 3 is 2.34 bits per heavy atom. The van der Waals surface area contributed by atoms with E-state index in [1.54, 1.807) is 37.5 Å². The van der Waals surface area contributed by atoms with Crippen LogP contribution in [0.25, 0.3) is 5.70 Å². The van der Waals surface area contributed by atoms with Crippen LogP contribution < -0.4 is 15.4 Å². The van der Waals surface area contributed by atoms with Crippen molar-refractivity contribution in [3.8, 4) is 5.75 Å². The largest absolute Gasteiger partial charge is 0.497 e. The first kappa shape index (κ1) is 27.2. The average molecular weight is 511 g/mol. The molecule has 0 unspecified atom stereocenters. The van der Waals surface area contributed by atoms with Crippen LogP contribution in [0.3, 0.4) is 0 Å². The molecule has 1 amide bonds. The Hall–Kier alpha value is -3.86. The van der Waals surface area contributed by atoms with Crippen LogP contribution >= 0.6 is 0 Å². The number of ether oxygens (including phenoxy) is 1. The topological polar surface area (TPSA) is 67.4 Å². The molecule has 198 valence electrons. The van der Waals surface area contributed by atoms with Gasteiger partial charge in [-0.15, -0.1) is 0 Å². The molecule has 0 radical (unpaired) electrons. The lowest BCUT2D eigenvalue weighted by Gasteiger charge is -2.35. The monoisotopic (exact) mass is 510 g/mol. The van der Waals surface area contributed by atoms with Crippen molar-refractivity contribution in [3.63, 3.8) is 0 Å². The lowest BCUT2D eigenvalue weighted by molar-refractivity contribution is 0.102. The smallest absolute Gasteiger partial charge is 0.255 e. The van der Waals surface area contributed by atoms with Gasteiger partial charge >= 0.3 is 0 Å². The molecule has 0 bridgehead atoms. The van der Waals surface area contributed by atoms with Crippen LogP contribution in [0.2, 0.25) is 0 Å². The summed E-state index contributed by atoms with van der Waals surface area (Å²) in [6.07, 6.45) is 8.46. The maximum atomic E-state index is 13.2. The number of allylic oxidation sites excluding steroid dienone is 1. The molecule has 0 spiro atoms. The van der Waals surface area contributed by atoms with E-state index < -0.39 is 0 Å². The minimum absolute atomic E-state index is 0.105.